The number of rotatable bonds is 5. The van der Waals surface area contributed by atoms with Crippen LogP contribution in [0.4, 0.5) is 0 Å². The molecule has 0 saturated heterocycles. The fourth-order valence-electron chi connectivity index (χ4n) is 2.72. The van der Waals surface area contributed by atoms with Crippen molar-refractivity contribution in [3.05, 3.63) is 78.8 Å². The van der Waals surface area contributed by atoms with Gasteiger partial charge < -0.3 is 4.98 Å². The van der Waals surface area contributed by atoms with Crippen LogP contribution in [0.15, 0.2) is 83.2 Å². The van der Waals surface area contributed by atoms with E-state index in [0.717, 1.165) is 39.1 Å². The molecule has 1 aromatic carbocycles. The third kappa shape index (κ3) is 3.86. The quantitative estimate of drug-likeness (QED) is 0.637. The normalized spacial score (nSPS) is 13.3. The zero-order chi connectivity index (χ0) is 18.4. The number of allylic oxidation sites excluding steroid dienone is 3. The van der Waals surface area contributed by atoms with Crippen LogP contribution in [0.5, 0.6) is 0 Å². The first-order chi connectivity index (χ1) is 12.7. The predicted octanol–water partition coefficient (Wildman–Crippen LogP) is 5.20. The van der Waals surface area contributed by atoms with E-state index in [0.29, 0.717) is 0 Å². The van der Waals surface area contributed by atoms with Gasteiger partial charge in [0.25, 0.3) is 0 Å². The zero-order valence-electron chi connectivity index (χ0n) is 15.3. The monoisotopic (exact) mass is 342 g/mol. The number of benzene rings is 1. The van der Waals surface area contributed by atoms with Crippen molar-refractivity contribution in [1.82, 2.24) is 9.97 Å². The van der Waals surface area contributed by atoms with Gasteiger partial charge in [0.2, 0.25) is 0 Å². The van der Waals surface area contributed by atoms with E-state index >= 15 is 0 Å². The lowest BCUT2D eigenvalue weighted by atomic mass is 10.0. The van der Waals surface area contributed by atoms with Gasteiger partial charge in [0.15, 0.2) is 0 Å². The lowest BCUT2D eigenvalue weighted by molar-refractivity contribution is 1.32. The standard InChI is InChI=1S/C22H22N4/c1-4-12-24-16(2)10-11-21(23-3)20-15-26-22-19(20)13-18(14-25-22)17-8-6-5-7-9-17/h4-15H,1-3H3,(H,25,26)/b11-10-,12-4-,23-21?,24-16-. The van der Waals surface area contributed by atoms with E-state index < -0.39 is 0 Å². The molecule has 0 aliphatic heterocycles. The highest BCUT2D eigenvalue weighted by Crippen LogP contribution is 2.25. The number of aliphatic imine (C=N–C) groups is 2. The molecule has 0 bridgehead atoms. The molecule has 1 N–H and O–H groups in total. The van der Waals surface area contributed by atoms with E-state index in [1.54, 1.807) is 13.2 Å². The average Bonchev–Trinajstić information content (AvgIpc) is 3.11. The summed E-state index contributed by atoms with van der Waals surface area (Å²) in [4.78, 5) is 16.6. The van der Waals surface area contributed by atoms with Crippen molar-refractivity contribution in [3.8, 4) is 11.1 Å². The summed E-state index contributed by atoms with van der Waals surface area (Å²) in [5.74, 6) is 0. The second-order valence-electron chi connectivity index (χ2n) is 5.88. The Kier molecular flexibility index (Phi) is 5.54. The molecule has 3 rings (SSSR count). The fraction of sp³-hybridized carbons (Fsp3) is 0.136. The molecular formula is C22H22N4. The van der Waals surface area contributed by atoms with E-state index in [-0.39, 0.29) is 0 Å². The van der Waals surface area contributed by atoms with Crippen molar-refractivity contribution >= 4 is 22.5 Å². The van der Waals surface area contributed by atoms with Crippen LogP contribution in [0.25, 0.3) is 22.2 Å². The summed E-state index contributed by atoms with van der Waals surface area (Å²) < 4.78 is 0. The zero-order valence-corrected chi connectivity index (χ0v) is 15.3. The smallest absolute Gasteiger partial charge is 0.137 e. The lowest BCUT2D eigenvalue weighted by Gasteiger charge is -2.03. The summed E-state index contributed by atoms with van der Waals surface area (Å²) in [5.41, 5.74) is 5.93. The summed E-state index contributed by atoms with van der Waals surface area (Å²) in [5, 5.41) is 1.06. The van der Waals surface area contributed by atoms with Crippen LogP contribution >= 0.6 is 0 Å². The van der Waals surface area contributed by atoms with E-state index in [2.05, 4.69) is 38.2 Å². The molecule has 0 aliphatic rings. The number of fused-ring (bicyclic) bond motifs is 1. The first kappa shape index (κ1) is 17.5. The number of nitrogens with zero attached hydrogens (tertiary/aromatic N) is 3. The molecule has 2 aromatic heterocycles. The van der Waals surface area contributed by atoms with Crippen molar-refractivity contribution in [2.24, 2.45) is 9.98 Å². The molecule has 0 unspecified atom stereocenters. The number of H-pyrrole nitrogens is 1. The van der Waals surface area contributed by atoms with Gasteiger partial charge in [0, 0.05) is 47.9 Å². The largest absolute Gasteiger partial charge is 0.345 e. The molecule has 0 radical (unpaired) electrons. The maximum atomic E-state index is 4.56. The number of aromatic amines is 1. The number of hydrogen-bond acceptors (Lipinski definition) is 3. The van der Waals surface area contributed by atoms with Gasteiger partial charge in [0.1, 0.15) is 5.65 Å². The van der Waals surface area contributed by atoms with Gasteiger partial charge in [-0.2, -0.15) is 0 Å². The van der Waals surface area contributed by atoms with Crippen molar-refractivity contribution in [2.45, 2.75) is 13.8 Å². The van der Waals surface area contributed by atoms with Gasteiger partial charge in [-0.05, 0) is 37.6 Å². The van der Waals surface area contributed by atoms with Gasteiger partial charge in [0.05, 0.1) is 5.71 Å². The van der Waals surface area contributed by atoms with E-state index in [1.165, 1.54) is 0 Å². The summed E-state index contributed by atoms with van der Waals surface area (Å²) >= 11 is 0. The molecule has 0 aliphatic carbocycles. The van der Waals surface area contributed by atoms with Crippen LogP contribution in [-0.4, -0.2) is 28.4 Å². The highest BCUT2D eigenvalue weighted by molar-refractivity contribution is 6.17. The SMILES string of the molecule is C\C=C/N=C(C)\C=C/C(=NC)c1c[nH]c2ncc(-c3ccccc3)cc12. The van der Waals surface area contributed by atoms with Crippen LogP contribution in [0.1, 0.15) is 19.4 Å². The van der Waals surface area contributed by atoms with Gasteiger partial charge in [-0.1, -0.05) is 36.4 Å². The van der Waals surface area contributed by atoms with Crippen LogP contribution < -0.4 is 0 Å². The van der Waals surface area contributed by atoms with Gasteiger partial charge >= 0.3 is 0 Å². The van der Waals surface area contributed by atoms with Crippen LogP contribution in [-0.2, 0) is 0 Å². The molecule has 26 heavy (non-hydrogen) atoms. The number of nitrogens with one attached hydrogen (secondary N) is 1. The number of hydrogen-bond donors (Lipinski definition) is 1. The van der Waals surface area contributed by atoms with Gasteiger partial charge in [-0.15, -0.1) is 0 Å². The number of aromatic nitrogens is 2. The molecule has 0 saturated carbocycles. The van der Waals surface area contributed by atoms with E-state index in [4.69, 9.17) is 0 Å². The Morgan fingerprint density at radius 3 is 2.65 bits per heavy atom. The Labute approximate surface area is 153 Å². The summed E-state index contributed by atoms with van der Waals surface area (Å²) in [6.07, 6.45) is 11.5. The van der Waals surface area contributed by atoms with Crippen molar-refractivity contribution in [2.75, 3.05) is 7.05 Å². The Hall–Kier alpha value is -3.27. The second-order valence-corrected chi connectivity index (χ2v) is 5.88. The Balaban J connectivity index is 2.00. The average molecular weight is 342 g/mol. The van der Waals surface area contributed by atoms with Gasteiger partial charge in [-0.25, -0.2) is 4.98 Å². The molecular weight excluding hydrogens is 320 g/mol. The topological polar surface area (TPSA) is 53.4 Å². The third-order valence-electron chi connectivity index (χ3n) is 4.06. The molecule has 4 heteroatoms. The molecule has 3 aromatic rings. The summed E-state index contributed by atoms with van der Waals surface area (Å²) in [7, 11) is 1.80. The summed E-state index contributed by atoms with van der Waals surface area (Å²) in [6, 6.07) is 12.4. The molecule has 4 nitrogen and oxygen atoms in total. The fourth-order valence-corrected chi connectivity index (χ4v) is 2.72. The maximum Gasteiger partial charge on any atom is 0.137 e. The molecule has 0 spiro atoms. The van der Waals surface area contributed by atoms with Crippen LogP contribution in [0.2, 0.25) is 0 Å². The van der Waals surface area contributed by atoms with Crippen molar-refractivity contribution < 1.29 is 0 Å². The van der Waals surface area contributed by atoms with E-state index in [9.17, 15) is 0 Å². The molecule has 0 atom stereocenters. The van der Waals surface area contributed by atoms with Crippen LogP contribution in [0, 0.1) is 0 Å². The minimum atomic E-state index is 0.855. The van der Waals surface area contributed by atoms with E-state index in [1.807, 2.05) is 62.7 Å². The Morgan fingerprint density at radius 2 is 1.92 bits per heavy atom. The first-order valence-corrected chi connectivity index (χ1v) is 8.56. The molecule has 0 fully saturated rings. The second kappa shape index (κ2) is 8.21. The third-order valence-corrected chi connectivity index (χ3v) is 4.06. The molecule has 0 amide bonds. The molecule has 2 heterocycles. The molecule has 130 valence electrons. The van der Waals surface area contributed by atoms with Crippen molar-refractivity contribution in [3.63, 3.8) is 0 Å². The minimum absolute atomic E-state index is 0.855. The Morgan fingerprint density at radius 1 is 1.12 bits per heavy atom. The number of pyridine rings is 1. The minimum Gasteiger partial charge on any atom is -0.345 e. The highest BCUT2D eigenvalue weighted by Gasteiger charge is 2.10. The maximum absolute atomic E-state index is 4.56. The Bertz CT molecular complexity index is 1010. The first-order valence-electron chi connectivity index (χ1n) is 8.56. The van der Waals surface area contributed by atoms with Crippen LogP contribution in [0.3, 0.4) is 0 Å². The summed E-state index contributed by atoms with van der Waals surface area (Å²) in [6.45, 7) is 3.91. The highest BCUT2D eigenvalue weighted by atomic mass is 14.8. The van der Waals surface area contributed by atoms with Gasteiger partial charge in [-0.3, -0.25) is 9.98 Å². The lowest BCUT2D eigenvalue weighted by Crippen LogP contribution is -1.97. The van der Waals surface area contributed by atoms with Crippen molar-refractivity contribution in [1.29, 1.82) is 0 Å². The predicted molar refractivity (Wildman–Crippen MR) is 111 cm³/mol.